The number of rotatable bonds is 11. The van der Waals surface area contributed by atoms with Gasteiger partial charge >= 0.3 is 0 Å². The minimum absolute atomic E-state index is 0.185. The number of aliphatic hydroxyl groups is 1. The van der Waals surface area contributed by atoms with E-state index in [-0.39, 0.29) is 6.10 Å². The molecule has 0 aliphatic carbocycles. The smallest absolute Gasteiger partial charge is 0.0897 e. The van der Waals surface area contributed by atoms with Crippen LogP contribution in [0.15, 0.2) is 0 Å². The summed E-state index contributed by atoms with van der Waals surface area (Å²) in [5.41, 5.74) is 0.313. The molecule has 1 atom stereocenters. The van der Waals surface area contributed by atoms with Gasteiger partial charge in [-0.1, -0.05) is 40.0 Å². The number of hydrogen-bond donors (Lipinski definition) is 2. The first-order chi connectivity index (χ1) is 8.37. The first kappa shape index (κ1) is 17.9. The van der Waals surface area contributed by atoms with Crippen molar-refractivity contribution in [3.05, 3.63) is 0 Å². The number of aliphatic hydroxyl groups excluding tert-OH is 1. The van der Waals surface area contributed by atoms with E-state index >= 15 is 0 Å². The highest BCUT2D eigenvalue weighted by molar-refractivity contribution is 4.72. The highest BCUT2D eigenvalue weighted by Crippen LogP contribution is 2.22. The maximum atomic E-state index is 9.72. The first-order valence-corrected chi connectivity index (χ1v) is 7.38. The predicted octanol–water partition coefficient (Wildman–Crippen LogP) is 2.97. The zero-order valence-corrected chi connectivity index (χ0v) is 13.0. The Morgan fingerprint density at radius 3 is 2.44 bits per heavy atom. The molecule has 0 saturated heterocycles. The van der Waals surface area contributed by atoms with Crippen molar-refractivity contribution in [2.75, 3.05) is 19.7 Å². The number of hydrogen-bond acceptors (Lipinski definition) is 3. The fourth-order valence-corrected chi connectivity index (χ4v) is 1.88. The molecule has 3 nitrogen and oxygen atoms in total. The van der Waals surface area contributed by atoms with Gasteiger partial charge < -0.3 is 15.2 Å². The third-order valence-electron chi connectivity index (χ3n) is 3.06. The molecule has 0 spiro atoms. The van der Waals surface area contributed by atoms with Gasteiger partial charge in [0.2, 0.25) is 0 Å². The molecule has 1 unspecified atom stereocenters. The molecule has 0 aromatic heterocycles. The summed E-state index contributed by atoms with van der Waals surface area (Å²) in [6.07, 6.45) is 4.91. The second-order valence-corrected chi connectivity index (χ2v) is 6.29. The van der Waals surface area contributed by atoms with Gasteiger partial charge in [0.05, 0.1) is 18.8 Å². The van der Waals surface area contributed by atoms with Crippen LogP contribution in [0.2, 0.25) is 0 Å². The van der Waals surface area contributed by atoms with Gasteiger partial charge in [-0.25, -0.2) is 0 Å². The summed E-state index contributed by atoms with van der Waals surface area (Å²) >= 11 is 0. The number of unbranched alkanes of at least 4 members (excludes halogenated alkanes) is 2. The van der Waals surface area contributed by atoms with Gasteiger partial charge in [0.1, 0.15) is 0 Å². The van der Waals surface area contributed by atoms with Gasteiger partial charge in [-0.2, -0.15) is 0 Å². The molecular formula is C15H33NO2. The Labute approximate surface area is 113 Å². The zero-order valence-electron chi connectivity index (χ0n) is 13.0. The lowest BCUT2D eigenvalue weighted by Crippen LogP contribution is -2.36. The van der Waals surface area contributed by atoms with Gasteiger partial charge in [-0.15, -0.1) is 0 Å². The van der Waals surface area contributed by atoms with Crippen LogP contribution in [0.4, 0.5) is 0 Å². The van der Waals surface area contributed by atoms with Crippen LogP contribution in [-0.2, 0) is 4.74 Å². The summed E-state index contributed by atoms with van der Waals surface area (Å²) in [7, 11) is 0. The Morgan fingerprint density at radius 1 is 1.22 bits per heavy atom. The maximum absolute atomic E-state index is 9.72. The summed E-state index contributed by atoms with van der Waals surface area (Å²) in [6, 6.07) is 0. The summed E-state index contributed by atoms with van der Waals surface area (Å²) in [5.74, 6) is 0. The second kappa shape index (κ2) is 9.76. The van der Waals surface area contributed by atoms with E-state index < -0.39 is 6.10 Å². The molecule has 0 aromatic carbocycles. The SMILES string of the molecule is CCCCCC(C)(C)CNCC(O)COC(C)C. The van der Waals surface area contributed by atoms with Crippen LogP contribution < -0.4 is 5.32 Å². The van der Waals surface area contributed by atoms with Crippen molar-refractivity contribution in [2.24, 2.45) is 5.41 Å². The Kier molecular flexibility index (Phi) is 9.70. The number of ether oxygens (including phenoxy) is 1. The van der Waals surface area contributed by atoms with Crippen molar-refractivity contribution in [3.63, 3.8) is 0 Å². The second-order valence-electron chi connectivity index (χ2n) is 6.29. The molecular weight excluding hydrogens is 226 g/mol. The topological polar surface area (TPSA) is 41.5 Å². The van der Waals surface area contributed by atoms with Crippen LogP contribution in [0.3, 0.4) is 0 Å². The molecule has 0 aromatic rings. The monoisotopic (exact) mass is 259 g/mol. The van der Waals surface area contributed by atoms with Crippen molar-refractivity contribution in [2.45, 2.75) is 72.5 Å². The van der Waals surface area contributed by atoms with E-state index in [1.54, 1.807) is 0 Å². The Balaban J connectivity index is 3.61. The predicted molar refractivity (Wildman–Crippen MR) is 77.9 cm³/mol. The maximum Gasteiger partial charge on any atom is 0.0897 e. The van der Waals surface area contributed by atoms with E-state index in [1.165, 1.54) is 25.7 Å². The fourth-order valence-electron chi connectivity index (χ4n) is 1.88. The number of nitrogens with one attached hydrogen (secondary N) is 1. The normalized spacial score (nSPS) is 14.2. The van der Waals surface area contributed by atoms with Crippen LogP contribution in [0.5, 0.6) is 0 Å². The minimum Gasteiger partial charge on any atom is -0.389 e. The van der Waals surface area contributed by atoms with E-state index in [1.807, 2.05) is 13.8 Å². The van der Waals surface area contributed by atoms with Gasteiger partial charge in [-0.3, -0.25) is 0 Å². The molecule has 0 radical (unpaired) electrons. The standard InChI is InChI=1S/C15H33NO2/c1-6-7-8-9-15(4,5)12-16-10-14(17)11-18-13(2)3/h13-14,16-17H,6-12H2,1-5H3. The van der Waals surface area contributed by atoms with Crippen LogP contribution in [0, 0.1) is 5.41 Å². The van der Waals surface area contributed by atoms with Crippen molar-refractivity contribution in [3.8, 4) is 0 Å². The molecule has 18 heavy (non-hydrogen) atoms. The minimum atomic E-state index is -0.404. The molecule has 0 heterocycles. The third-order valence-corrected chi connectivity index (χ3v) is 3.06. The van der Waals surface area contributed by atoms with Crippen molar-refractivity contribution in [1.82, 2.24) is 5.32 Å². The molecule has 0 saturated carbocycles. The van der Waals surface area contributed by atoms with E-state index in [2.05, 4.69) is 26.1 Å². The van der Waals surface area contributed by atoms with Gasteiger partial charge in [0.25, 0.3) is 0 Å². The summed E-state index contributed by atoms with van der Waals surface area (Å²) in [4.78, 5) is 0. The van der Waals surface area contributed by atoms with Crippen LogP contribution in [-0.4, -0.2) is 37.0 Å². The molecule has 0 aliphatic rings. The zero-order chi connectivity index (χ0) is 14.0. The Hall–Kier alpha value is -0.120. The quantitative estimate of drug-likeness (QED) is 0.561. The molecule has 2 N–H and O–H groups in total. The average Bonchev–Trinajstić information content (AvgIpc) is 2.26. The van der Waals surface area contributed by atoms with E-state index in [0.717, 1.165) is 6.54 Å². The van der Waals surface area contributed by atoms with Crippen molar-refractivity contribution >= 4 is 0 Å². The van der Waals surface area contributed by atoms with Crippen molar-refractivity contribution < 1.29 is 9.84 Å². The molecule has 0 amide bonds. The fraction of sp³-hybridized carbons (Fsp3) is 1.00. The third kappa shape index (κ3) is 11.0. The molecule has 0 bridgehead atoms. The summed E-state index contributed by atoms with van der Waals surface area (Å²) in [5, 5.41) is 13.1. The van der Waals surface area contributed by atoms with Crippen LogP contribution >= 0.6 is 0 Å². The summed E-state index contributed by atoms with van der Waals surface area (Å²) in [6.45, 7) is 12.8. The van der Waals surface area contributed by atoms with Gasteiger partial charge in [0.15, 0.2) is 0 Å². The largest absolute Gasteiger partial charge is 0.389 e. The lowest BCUT2D eigenvalue weighted by atomic mass is 9.87. The van der Waals surface area contributed by atoms with Crippen LogP contribution in [0.1, 0.15) is 60.3 Å². The molecule has 0 fully saturated rings. The van der Waals surface area contributed by atoms with E-state index in [9.17, 15) is 5.11 Å². The lowest BCUT2D eigenvalue weighted by molar-refractivity contribution is 0.00563. The Bertz CT molecular complexity index is 193. The molecule has 110 valence electrons. The van der Waals surface area contributed by atoms with E-state index in [4.69, 9.17) is 4.74 Å². The lowest BCUT2D eigenvalue weighted by Gasteiger charge is -2.26. The first-order valence-electron chi connectivity index (χ1n) is 7.38. The molecule has 0 aliphatic heterocycles. The Morgan fingerprint density at radius 2 is 1.89 bits per heavy atom. The molecule has 3 heteroatoms. The van der Waals surface area contributed by atoms with E-state index in [0.29, 0.717) is 18.6 Å². The highest BCUT2D eigenvalue weighted by atomic mass is 16.5. The molecule has 0 rings (SSSR count). The average molecular weight is 259 g/mol. The highest BCUT2D eigenvalue weighted by Gasteiger charge is 2.17. The van der Waals surface area contributed by atoms with Crippen molar-refractivity contribution in [1.29, 1.82) is 0 Å². The van der Waals surface area contributed by atoms with Gasteiger partial charge in [0, 0.05) is 13.1 Å². The summed E-state index contributed by atoms with van der Waals surface area (Å²) < 4.78 is 5.38. The van der Waals surface area contributed by atoms with Crippen LogP contribution in [0.25, 0.3) is 0 Å². The van der Waals surface area contributed by atoms with Gasteiger partial charge in [-0.05, 0) is 25.7 Å².